The molecule has 0 spiro atoms. The summed E-state index contributed by atoms with van der Waals surface area (Å²) >= 11 is 5.50. The lowest BCUT2D eigenvalue weighted by Gasteiger charge is -2.30. The molecule has 0 fully saturated rings. The van der Waals surface area contributed by atoms with Crippen LogP contribution in [0.5, 0.6) is 0 Å². The molecule has 1 aromatic carbocycles. The third kappa shape index (κ3) is 4.31. The molecule has 1 N–H and O–H groups in total. The number of carbonyl (C=O) groups is 1. The van der Waals surface area contributed by atoms with Crippen molar-refractivity contribution in [3.63, 3.8) is 0 Å². The number of rotatable bonds is 7. The van der Waals surface area contributed by atoms with Gasteiger partial charge in [-0.15, -0.1) is 11.6 Å². The highest BCUT2D eigenvalue weighted by atomic mass is 35.5. The third-order valence-corrected chi connectivity index (χ3v) is 3.29. The van der Waals surface area contributed by atoms with Crippen molar-refractivity contribution >= 4 is 17.5 Å². The summed E-state index contributed by atoms with van der Waals surface area (Å²) in [6.07, 6.45) is 0. The van der Waals surface area contributed by atoms with Crippen LogP contribution in [-0.4, -0.2) is 36.3 Å². The summed E-state index contributed by atoms with van der Waals surface area (Å²) in [4.78, 5) is 13.6. The fraction of sp³-hybridized carbons (Fsp3) is 0.500. The Labute approximate surface area is 114 Å². The number of nitrogens with one attached hydrogen (secondary N) is 1. The topological polar surface area (TPSA) is 32.3 Å². The quantitative estimate of drug-likeness (QED) is 0.771. The first kappa shape index (κ1) is 15.0. The van der Waals surface area contributed by atoms with Crippen molar-refractivity contribution in [1.29, 1.82) is 0 Å². The Bertz CT molecular complexity index is 352. The van der Waals surface area contributed by atoms with Gasteiger partial charge in [-0.25, -0.2) is 0 Å². The fourth-order valence-corrected chi connectivity index (χ4v) is 2.15. The van der Waals surface area contributed by atoms with E-state index in [9.17, 15) is 4.79 Å². The van der Waals surface area contributed by atoms with Gasteiger partial charge in [-0.3, -0.25) is 9.69 Å². The molecule has 3 nitrogen and oxygen atoms in total. The highest BCUT2D eigenvalue weighted by Gasteiger charge is 2.18. The summed E-state index contributed by atoms with van der Waals surface area (Å²) in [5.74, 6) is -0.107. The van der Waals surface area contributed by atoms with Crippen LogP contribution in [0.4, 0.5) is 0 Å². The number of hydrogen-bond donors (Lipinski definition) is 1. The van der Waals surface area contributed by atoms with E-state index < -0.39 is 0 Å². The minimum atomic E-state index is -0.121. The maximum absolute atomic E-state index is 11.3. The second-order valence-corrected chi connectivity index (χ2v) is 4.35. The van der Waals surface area contributed by atoms with Gasteiger partial charge in [0.1, 0.15) is 5.88 Å². The SMILES string of the molecule is CCN(CC)C(CNC(=O)CCl)c1ccccc1. The Balaban J connectivity index is 2.78. The summed E-state index contributed by atoms with van der Waals surface area (Å²) in [5.41, 5.74) is 1.22. The Morgan fingerprint density at radius 1 is 1.28 bits per heavy atom. The first-order valence-electron chi connectivity index (χ1n) is 6.34. The highest BCUT2D eigenvalue weighted by molar-refractivity contribution is 6.27. The first-order chi connectivity index (χ1) is 8.72. The number of hydrogen-bond acceptors (Lipinski definition) is 2. The highest BCUT2D eigenvalue weighted by Crippen LogP contribution is 2.19. The minimum absolute atomic E-state index is 0.0137. The monoisotopic (exact) mass is 268 g/mol. The van der Waals surface area contributed by atoms with E-state index in [0.717, 1.165) is 13.1 Å². The molecule has 1 rings (SSSR count). The molecule has 1 unspecified atom stereocenters. The Morgan fingerprint density at radius 3 is 2.39 bits per heavy atom. The van der Waals surface area contributed by atoms with Crippen molar-refractivity contribution in [2.24, 2.45) is 0 Å². The van der Waals surface area contributed by atoms with Crippen LogP contribution in [0, 0.1) is 0 Å². The summed E-state index contributed by atoms with van der Waals surface area (Å²) < 4.78 is 0. The second-order valence-electron chi connectivity index (χ2n) is 4.09. The van der Waals surface area contributed by atoms with Crippen LogP contribution in [0.3, 0.4) is 0 Å². The van der Waals surface area contributed by atoms with Gasteiger partial charge in [0, 0.05) is 6.54 Å². The number of amides is 1. The molecule has 1 aromatic rings. The largest absolute Gasteiger partial charge is 0.353 e. The lowest BCUT2D eigenvalue weighted by molar-refractivity contribution is -0.118. The number of carbonyl (C=O) groups excluding carboxylic acids is 1. The summed E-state index contributed by atoms with van der Waals surface area (Å²) in [5, 5.41) is 2.87. The average Bonchev–Trinajstić information content (AvgIpc) is 2.44. The number of benzene rings is 1. The van der Waals surface area contributed by atoms with Crippen molar-refractivity contribution in [3.05, 3.63) is 35.9 Å². The minimum Gasteiger partial charge on any atom is -0.353 e. The normalized spacial score (nSPS) is 12.4. The first-order valence-corrected chi connectivity index (χ1v) is 6.88. The van der Waals surface area contributed by atoms with Crippen LogP contribution in [0.25, 0.3) is 0 Å². The molecular formula is C14H21ClN2O. The van der Waals surface area contributed by atoms with E-state index in [1.54, 1.807) is 0 Å². The predicted molar refractivity (Wildman–Crippen MR) is 75.8 cm³/mol. The maximum atomic E-state index is 11.3. The average molecular weight is 269 g/mol. The van der Waals surface area contributed by atoms with Gasteiger partial charge in [-0.1, -0.05) is 44.2 Å². The van der Waals surface area contributed by atoms with E-state index in [1.165, 1.54) is 5.56 Å². The molecule has 0 saturated heterocycles. The number of halogens is 1. The van der Waals surface area contributed by atoms with Gasteiger partial charge in [0.15, 0.2) is 0 Å². The molecule has 0 aliphatic carbocycles. The zero-order chi connectivity index (χ0) is 13.4. The van der Waals surface area contributed by atoms with Gasteiger partial charge in [0.25, 0.3) is 0 Å². The van der Waals surface area contributed by atoms with E-state index in [-0.39, 0.29) is 17.8 Å². The van der Waals surface area contributed by atoms with Crippen molar-refractivity contribution < 1.29 is 4.79 Å². The molecule has 4 heteroatoms. The lowest BCUT2D eigenvalue weighted by atomic mass is 10.1. The van der Waals surface area contributed by atoms with Gasteiger partial charge >= 0.3 is 0 Å². The molecule has 1 amide bonds. The van der Waals surface area contributed by atoms with Crippen LogP contribution in [0.15, 0.2) is 30.3 Å². The van der Waals surface area contributed by atoms with Gasteiger partial charge in [-0.05, 0) is 18.7 Å². The molecule has 0 bridgehead atoms. The van der Waals surface area contributed by atoms with E-state index in [2.05, 4.69) is 36.2 Å². The molecule has 1 atom stereocenters. The molecule has 0 aliphatic heterocycles. The van der Waals surface area contributed by atoms with Crippen molar-refractivity contribution in [2.45, 2.75) is 19.9 Å². The van der Waals surface area contributed by atoms with Crippen LogP contribution >= 0.6 is 11.6 Å². The van der Waals surface area contributed by atoms with Crippen LogP contribution in [0.1, 0.15) is 25.5 Å². The lowest BCUT2D eigenvalue weighted by Crippen LogP contribution is -2.38. The zero-order valence-electron chi connectivity index (χ0n) is 11.0. The molecule has 0 aliphatic rings. The number of likely N-dealkylation sites (N-methyl/N-ethyl adjacent to an activating group) is 1. The summed E-state index contributed by atoms with van der Waals surface area (Å²) in [6, 6.07) is 10.4. The molecule has 18 heavy (non-hydrogen) atoms. The molecule has 0 heterocycles. The molecule has 0 radical (unpaired) electrons. The van der Waals surface area contributed by atoms with Gasteiger partial charge in [0.2, 0.25) is 5.91 Å². The standard InChI is InChI=1S/C14H21ClN2O/c1-3-17(4-2)13(11-16-14(18)10-15)12-8-6-5-7-9-12/h5-9,13H,3-4,10-11H2,1-2H3,(H,16,18). The molecule has 100 valence electrons. The number of alkyl halides is 1. The Hall–Kier alpha value is -1.06. The second kappa shape index (κ2) is 8.11. The maximum Gasteiger partial charge on any atom is 0.234 e. The summed E-state index contributed by atoms with van der Waals surface area (Å²) in [7, 11) is 0. The van der Waals surface area contributed by atoms with Gasteiger partial charge in [-0.2, -0.15) is 0 Å². The molecular weight excluding hydrogens is 248 g/mol. The smallest absolute Gasteiger partial charge is 0.234 e. The Morgan fingerprint density at radius 2 is 1.89 bits per heavy atom. The fourth-order valence-electron chi connectivity index (χ4n) is 2.06. The van der Waals surface area contributed by atoms with Gasteiger partial charge in [0.05, 0.1) is 6.04 Å². The van der Waals surface area contributed by atoms with Crippen molar-refractivity contribution in [1.82, 2.24) is 10.2 Å². The van der Waals surface area contributed by atoms with E-state index in [4.69, 9.17) is 11.6 Å². The van der Waals surface area contributed by atoms with E-state index in [1.807, 2.05) is 18.2 Å². The van der Waals surface area contributed by atoms with E-state index >= 15 is 0 Å². The van der Waals surface area contributed by atoms with E-state index in [0.29, 0.717) is 6.54 Å². The van der Waals surface area contributed by atoms with Gasteiger partial charge < -0.3 is 5.32 Å². The molecule has 0 aromatic heterocycles. The van der Waals surface area contributed by atoms with Crippen molar-refractivity contribution in [2.75, 3.05) is 25.5 Å². The number of nitrogens with zero attached hydrogens (tertiary/aromatic N) is 1. The van der Waals surface area contributed by atoms with Crippen LogP contribution in [0.2, 0.25) is 0 Å². The molecule has 0 saturated carbocycles. The predicted octanol–water partition coefficient (Wildman–Crippen LogP) is 2.42. The zero-order valence-corrected chi connectivity index (χ0v) is 11.8. The Kier molecular flexibility index (Phi) is 6.76. The van der Waals surface area contributed by atoms with Crippen LogP contribution in [-0.2, 0) is 4.79 Å². The third-order valence-electron chi connectivity index (χ3n) is 3.05. The summed E-state index contributed by atoms with van der Waals surface area (Å²) in [6.45, 7) is 6.75. The van der Waals surface area contributed by atoms with Crippen LogP contribution < -0.4 is 5.32 Å². The van der Waals surface area contributed by atoms with Crippen molar-refractivity contribution in [3.8, 4) is 0 Å².